The summed E-state index contributed by atoms with van der Waals surface area (Å²) in [7, 11) is 0. The van der Waals surface area contributed by atoms with E-state index in [1.54, 1.807) is 12.1 Å². The van der Waals surface area contributed by atoms with Gasteiger partial charge in [-0.25, -0.2) is 0 Å². The number of carbonyl (C=O) groups is 1. The smallest absolute Gasteiger partial charge is 0.303 e. The third kappa shape index (κ3) is 6.52. The van der Waals surface area contributed by atoms with Gasteiger partial charge in [-0.1, -0.05) is 60.7 Å². The van der Waals surface area contributed by atoms with Gasteiger partial charge in [0.1, 0.15) is 11.5 Å². The summed E-state index contributed by atoms with van der Waals surface area (Å²) in [6.45, 7) is 0.373. The van der Waals surface area contributed by atoms with Crippen molar-refractivity contribution in [3.05, 3.63) is 102 Å². The number of phenolic OH excluding ortho intramolecular Hbond substituents is 1. The summed E-state index contributed by atoms with van der Waals surface area (Å²) in [6, 6.07) is 25.4. The zero-order chi connectivity index (χ0) is 21.2. The molecule has 0 fully saturated rings. The highest BCUT2D eigenvalue weighted by molar-refractivity contribution is 5.80. The van der Waals surface area contributed by atoms with E-state index in [2.05, 4.69) is 18.2 Å². The highest BCUT2D eigenvalue weighted by Gasteiger charge is 2.07. The summed E-state index contributed by atoms with van der Waals surface area (Å²) >= 11 is 0. The largest absolute Gasteiger partial charge is 0.508 e. The number of hydrogen-bond acceptors (Lipinski definition) is 3. The topological polar surface area (TPSA) is 66.8 Å². The number of aryl methyl sites for hydroxylation is 1. The fraction of sp³-hybridized carbons (Fsp3) is 0.192. The monoisotopic (exact) mass is 402 g/mol. The average molecular weight is 402 g/mol. The molecule has 4 heteroatoms. The fourth-order valence-electron chi connectivity index (χ4n) is 3.25. The van der Waals surface area contributed by atoms with Crippen molar-refractivity contribution in [2.45, 2.75) is 25.7 Å². The summed E-state index contributed by atoms with van der Waals surface area (Å²) in [6.07, 6.45) is 4.59. The van der Waals surface area contributed by atoms with Crippen LogP contribution in [0, 0.1) is 0 Å². The number of rotatable bonds is 10. The lowest BCUT2D eigenvalue weighted by Crippen LogP contribution is -2.02. The van der Waals surface area contributed by atoms with Crippen molar-refractivity contribution in [3.63, 3.8) is 0 Å². The first kappa shape index (κ1) is 21.2. The second-order valence-corrected chi connectivity index (χ2v) is 7.06. The van der Waals surface area contributed by atoms with Crippen LogP contribution < -0.4 is 4.74 Å². The molecule has 0 amide bonds. The Bertz CT molecular complexity index is 975. The third-order valence-electron chi connectivity index (χ3n) is 4.75. The molecule has 3 rings (SSSR count). The van der Waals surface area contributed by atoms with Crippen LogP contribution in [0.1, 0.15) is 36.0 Å². The van der Waals surface area contributed by atoms with E-state index in [9.17, 15) is 9.90 Å². The number of carboxylic acids is 1. The standard InChI is InChI=1S/C26H26O4/c27-23-11-5-10-22(19-23)25(12-4-9-20-7-2-1-3-8-20)21-14-16-24(17-15-21)30-18-6-13-26(28)29/h1-3,5,7-8,10-12,14-17,19,27H,4,6,9,13,18H2,(H,28,29). The highest BCUT2D eigenvalue weighted by Crippen LogP contribution is 2.28. The van der Waals surface area contributed by atoms with E-state index in [0.717, 1.165) is 29.5 Å². The predicted octanol–water partition coefficient (Wildman–Crippen LogP) is 5.70. The summed E-state index contributed by atoms with van der Waals surface area (Å²) in [5.41, 5.74) is 4.33. The third-order valence-corrected chi connectivity index (χ3v) is 4.75. The predicted molar refractivity (Wildman–Crippen MR) is 119 cm³/mol. The van der Waals surface area contributed by atoms with Crippen molar-refractivity contribution >= 4 is 11.5 Å². The van der Waals surface area contributed by atoms with Crippen molar-refractivity contribution in [1.82, 2.24) is 0 Å². The van der Waals surface area contributed by atoms with Gasteiger partial charge in [0.2, 0.25) is 0 Å². The van der Waals surface area contributed by atoms with E-state index in [1.165, 1.54) is 5.56 Å². The van der Waals surface area contributed by atoms with E-state index in [4.69, 9.17) is 9.84 Å². The van der Waals surface area contributed by atoms with Crippen LogP contribution >= 0.6 is 0 Å². The molecule has 0 bridgehead atoms. The lowest BCUT2D eigenvalue weighted by atomic mass is 9.95. The van der Waals surface area contributed by atoms with Gasteiger partial charge in [-0.15, -0.1) is 0 Å². The zero-order valence-corrected chi connectivity index (χ0v) is 16.8. The molecule has 0 aromatic heterocycles. The maximum atomic E-state index is 10.6. The number of aromatic hydroxyl groups is 1. The van der Waals surface area contributed by atoms with Gasteiger partial charge in [0.05, 0.1) is 6.61 Å². The minimum absolute atomic E-state index is 0.101. The molecule has 4 nitrogen and oxygen atoms in total. The molecule has 30 heavy (non-hydrogen) atoms. The SMILES string of the molecule is O=C(O)CCCOc1ccc(C(=CCCc2ccccc2)c2cccc(O)c2)cc1. The normalized spacial score (nSPS) is 11.3. The van der Waals surface area contributed by atoms with Crippen LogP contribution in [0.4, 0.5) is 0 Å². The molecule has 0 atom stereocenters. The lowest BCUT2D eigenvalue weighted by Gasteiger charge is -2.11. The van der Waals surface area contributed by atoms with Crippen molar-refractivity contribution in [2.24, 2.45) is 0 Å². The molecular weight excluding hydrogens is 376 g/mol. The molecule has 0 aliphatic heterocycles. The van der Waals surface area contributed by atoms with Crippen molar-refractivity contribution in [1.29, 1.82) is 0 Å². The van der Waals surface area contributed by atoms with E-state index < -0.39 is 5.97 Å². The number of ether oxygens (including phenoxy) is 1. The van der Waals surface area contributed by atoms with E-state index in [0.29, 0.717) is 18.8 Å². The quantitative estimate of drug-likeness (QED) is 0.427. The number of carboxylic acid groups (broad SMARTS) is 1. The van der Waals surface area contributed by atoms with E-state index in [1.807, 2.05) is 54.6 Å². The zero-order valence-electron chi connectivity index (χ0n) is 16.8. The molecule has 0 radical (unpaired) electrons. The second-order valence-electron chi connectivity index (χ2n) is 7.06. The summed E-state index contributed by atoms with van der Waals surface area (Å²) in [4.78, 5) is 10.6. The molecule has 2 N–H and O–H groups in total. The molecule has 3 aromatic rings. The molecule has 0 aliphatic carbocycles. The molecular formula is C26H26O4. The van der Waals surface area contributed by atoms with Crippen molar-refractivity contribution < 1.29 is 19.7 Å². The molecule has 0 unspecified atom stereocenters. The van der Waals surface area contributed by atoms with Gasteiger partial charge >= 0.3 is 5.97 Å². The first-order valence-corrected chi connectivity index (χ1v) is 10.1. The maximum absolute atomic E-state index is 10.6. The van der Waals surface area contributed by atoms with Crippen LogP contribution in [0.25, 0.3) is 5.57 Å². The first-order chi connectivity index (χ1) is 14.6. The fourth-order valence-corrected chi connectivity index (χ4v) is 3.25. The Kier molecular flexibility index (Phi) is 7.67. The summed E-state index contributed by atoms with van der Waals surface area (Å²) in [5, 5.41) is 18.6. The van der Waals surface area contributed by atoms with Gasteiger partial charge < -0.3 is 14.9 Å². The number of aliphatic carboxylic acids is 1. The summed E-state index contributed by atoms with van der Waals surface area (Å²) < 4.78 is 5.63. The maximum Gasteiger partial charge on any atom is 0.303 e. The number of benzene rings is 3. The van der Waals surface area contributed by atoms with Gasteiger partial charge in [0.25, 0.3) is 0 Å². The number of hydrogen-bond donors (Lipinski definition) is 2. The van der Waals surface area contributed by atoms with Crippen LogP contribution in [0.5, 0.6) is 11.5 Å². The van der Waals surface area contributed by atoms with Gasteiger partial charge in [-0.2, -0.15) is 0 Å². The van der Waals surface area contributed by atoms with Crippen LogP contribution in [0.3, 0.4) is 0 Å². The molecule has 0 aliphatic rings. The average Bonchev–Trinajstić information content (AvgIpc) is 2.75. The minimum Gasteiger partial charge on any atom is -0.508 e. The molecule has 3 aromatic carbocycles. The van der Waals surface area contributed by atoms with Gasteiger partial charge in [-0.05, 0) is 65.8 Å². The Balaban J connectivity index is 1.74. The molecule has 0 saturated heterocycles. The molecule has 0 heterocycles. The Labute approximate surface area is 177 Å². The Morgan fingerprint density at radius 3 is 2.37 bits per heavy atom. The number of allylic oxidation sites excluding steroid dienone is 1. The van der Waals surface area contributed by atoms with Crippen LogP contribution in [0.2, 0.25) is 0 Å². The lowest BCUT2D eigenvalue weighted by molar-refractivity contribution is -0.137. The highest BCUT2D eigenvalue weighted by atomic mass is 16.5. The van der Waals surface area contributed by atoms with Gasteiger partial charge in [0.15, 0.2) is 0 Å². The number of phenols is 1. The Hall–Kier alpha value is -3.53. The van der Waals surface area contributed by atoms with Crippen LogP contribution in [0.15, 0.2) is 84.9 Å². The second kappa shape index (κ2) is 10.9. The van der Waals surface area contributed by atoms with Gasteiger partial charge in [0, 0.05) is 6.42 Å². The molecule has 0 saturated carbocycles. The first-order valence-electron chi connectivity index (χ1n) is 10.1. The van der Waals surface area contributed by atoms with Crippen LogP contribution in [-0.2, 0) is 11.2 Å². The molecule has 154 valence electrons. The van der Waals surface area contributed by atoms with Crippen LogP contribution in [-0.4, -0.2) is 22.8 Å². The van der Waals surface area contributed by atoms with Crippen molar-refractivity contribution in [3.8, 4) is 11.5 Å². The van der Waals surface area contributed by atoms with E-state index >= 15 is 0 Å². The Morgan fingerprint density at radius 1 is 0.900 bits per heavy atom. The Morgan fingerprint density at radius 2 is 1.67 bits per heavy atom. The van der Waals surface area contributed by atoms with Gasteiger partial charge in [-0.3, -0.25) is 4.79 Å². The molecule has 0 spiro atoms. The minimum atomic E-state index is -0.814. The van der Waals surface area contributed by atoms with E-state index in [-0.39, 0.29) is 12.2 Å². The summed E-state index contributed by atoms with van der Waals surface area (Å²) in [5.74, 6) is 0.133. The van der Waals surface area contributed by atoms with Crippen molar-refractivity contribution in [2.75, 3.05) is 6.61 Å².